The molecule has 0 N–H and O–H groups in total. The molecule has 1 fully saturated rings. The molecule has 134 valence electrons. The Morgan fingerprint density at radius 2 is 2.00 bits per heavy atom. The van der Waals surface area contributed by atoms with Crippen LogP contribution in [0.3, 0.4) is 0 Å². The molecule has 1 aliphatic rings. The van der Waals surface area contributed by atoms with Crippen LogP contribution in [-0.2, 0) is 11.3 Å². The summed E-state index contributed by atoms with van der Waals surface area (Å²) in [5.74, 6) is 1.05. The molecule has 2 aromatic rings. The second-order valence-electron chi connectivity index (χ2n) is 6.49. The van der Waals surface area contributed by atoms with Gasteiger partial charge in [-0.25, -0.2) is 4.98 Å². The number of carbonyl (C=O) groups is 1. The minimum absolute atomic E-state index is 0.171. The normalized spacial score (nSPS) is 17.1. The maximum Gasteiger partial charge on any atom is 0.245 e. The van der Waals surface area contributed by atoms with Gasteiger partial charge in [0.2, 0.25) is 5.91 Å². The Bertz CT molecular complexity index is 669. The zero-order valence-electron chi connectivity index (χ0n) is 15.0. The van der Waals surface area contributed by atoms with Crippen LogP contribution in [0.25, 0.3) is 0 Å². The zero-order chi connectivity index (χ0) is 17.6. The lowest BCUT2D eigenvalue weighted by Crippen LogP contribution is -2.38. The summed E-state index contributed by atoms with van der Waals surface area (Å²) in [6.45, 7) is 6.34. The lowest BCUT2D eigenvalue weighted by molar-refractivity contribution is -0.134. The second-order valence-corrected chi connectivity index (χ2v) is 6.49. The Kier molecular flexibility index (Phi) is 5.71. The fourth-order valence-corrected chi connectivity index (χ4v) is 3.23. The predicted octanol–water partition coefficient (Wildman–Crippen LogP) is 2.19. The van der Waals surface area contributed by atoms with Gasteiger partial charge in [-0.3, -0.25) is 9.69 Å². The van der Waals surface area contributed by atoms with E-state index in [1.54, 1.807) is 19.6 Å². The Labute approximate surface area is 149 Å². The van der Waals surface area contributed by atoms with E-state index in [9.17, 15) is 4.79 Å². The average Bonchev–Trinajstić information content (AvgIpc) is 3.08. The summed E-state index contributed by atoms with van der Waals surface area (Å²) < 4.78 is 7.07. The average molecular weight is 342 g/mol. The van der Waals surface area contributed by atoms with Gasteiger partial charge in [0.25, 0.3) is 0 Å². The minimum atomic E-state index is -0.198. The number of ether oxygens (including phenoxy) is 1. The van der Waals surface area contributed by atoms with Crippen molar-refractivity contribution >= 4 is 5.91 Å². The molecule has 1 aromatic carbocycles. The van der Waals surface area contributed by atoms with Gasteiger partial charge in [0.05, 0.1) is 13.4 Å². The molecule has 0 unspecified atom stereocenters. The number of hydrogen-bond donors (Lipinski definition) is 0. The summed E-state index contributed by atoms with van der Waals surface area (Å²) in [6, 6.07) is 8.00. The highest BCUT2D eigenvalue weighted by Crippen LogP contribution is 2.16. The van der Waals surface area contributed by atoms with Crippen LogP contribution >= 0.6 is 0 Å². The topological polar surface area (TPSA) is 50.6 Å². The fourth-order valence-electron chi connectivity index (χ4n) is 3.23. The highest BCUT2D eigenvalue weighted by Gasteiger charge is 2.24. The van der Waals surface area contributed by atoms with Crippen molar-refractivity contribution in [3.63, 3.8) is 0 Å². The first-order chi connectivity index (χ1) is 12.2. The van der Waals surface area contributed by atoms with Crippen molar-refractivity contribution in [2.75, 3.05) is 33.3 Å². The molecule has 0 saturated carbocycles. The van der Waals surface area contributed by atoms with Crippen molar-refractivity contribution in [1.29, 1.82) is 0 Å². The molecule has 0 aliphatic carbocycles. The molecule has 0 bridgehead atoms. The van der Waals surface area contributed by atoms with Gasteiger partial charge >= 0.3 is 0 Å². The first-order valence-electron chi connectivity index (χ1n) is 8.79. The molecular weight excluding hydrogens is 316 g/mol. The van der Waals surface area contributed by atoms with E-state index in [-0.39, 0.29) is 11.9 Å². The maximum absolute atomic E-state index is 12.7. The molecule has 1 amide bonds. The number of hydrogen-bond acceptors (Lipinski definition) is 4. The van der Waals surface area contributed by atoms with E-state index < -0.39 is 0 Å². The van der Waals surface area contributed by atoms with Crippen molar-refractivity contribution in [2.24, 2.45) is 0 Å². The van der Waals surface area contributed by atoms with Crippen molar-refractivity contribution in [3.8, 4) is 5.75 Å². The lowest BCUT2D eigenvalue weighted by Gasteiger charge is -2.25. The Balaban J connectivity index is 1.55. The molecule has 6 nitrogen and oxygen atoms in total. The minimum Gasteiger partial charge on any atom is -0.497 e. The van der Waals surface area contributed by atoms with Gasteiger partial charge in [-0.1, -0.05) is 12.1 Å². The van der Waals surface area contributed by atoms with Gasteiger partial charge in [-0.15, -0.1) is 0 Å². The number of amides is 1. The van der Waals surface area contributed by atoms with E-state index in [0.717, 1.165) is 44.9 Å². The summed E-state index contributed by atoms with van der Waals surface area (Å²) in [5.41, 5.74) is 1.27. The molecule has 1 atom stereocenters. The van der Waals surface area contributed by atoms with Crippen LogP contribution in [0.5, 0.6) is 5.75 Å². The molecular formula is C19H26N4O2. The van der Waals surface area contributed by atoms with Crippen molar-refractivity contribution < 1.29 is 9.53 Å². The quantitative estimate of drug-likeness (QED) is 0.836. The van der Waals surface area contributed by atoms with Crippen LogP contribution < -0.4 is 4.74 Å². The third kappa shape index (κ3) is 4.39. The lowest BCUT2D eigenvalue weighted by atomic mass is 10.2. The van der Waals surface area contributed by atoms with Gasteiger partial charge in [0.15, 0.2) is 0 Å². The molecule has 3 rings (SSSR count). The second kappa shape index (κ2) is 8.16. The predicted molar refractivity (Wildman–Crippen MR) is 96.4 cm³/mol. The molecule has 2 heterocycles. The van der Waals surface area contributed by atoms with Crippen LogP contribution in [-0.4, -0.2) is 58.5 Å². The summed E-state index contributed by atoms with van der Waals surface area (Å²) in [5, 5.41) is 0. The largest absolute Gasteiger partial charge is 0.497 e. The van der Waals surface area contributed by atoms with Crippen LogP contribution in [0.15, 0.2) is 43.0 Å². The van der Waals surface area contributed by atoms with Crippen LogP contribution in [0.4, 0.5) is 0 Å². The summed E-state index contributed by atoms with van der Waals surface area (Å²) >= 11 is 0. The first-order valence-corrected chi connectivity index (χ1v) is 8.79. The molecule has 0 spiro atoms. The maximum atomic E-state index is 12.7. The SMILES string of the molecule is COc1ccc(CN2CCCN(C(=O)[C@@H](C)n3ccnc3)CC2)cc1. The van der Waals surface area contributed by atoms with Crippen molar-refractivity contribution in [1.82, 2.24) is 19.4 Å². The van der Waals surface area contributed by atoms with Gasteiger partial charge in [-0.05, 0) is 31.0 Å². The van der Waals surface area contributed by atoms with E-state index in [4.69, 9.17) is 4.74 Å². The van der Waals surface area contributed by atoms with E-state index in [0.29, 0.717) is 0 Å². The molecule has 0 radical (unpaired) electrons. The zero-order valence-corrected chi connectivity index (χ0v) is 15.0. The van der Waals surface area contributed by atoms with Crippen molar-refractivity contribution in [3.05, 3.63) is 48.5 Å². The number of benzene rings is 1. The summed E-state index contributed by atoms with van der Waals surface area (Å²) in [4.78, 5) is 21.2. The highest BCUT2D eigenvalue weighted by molar-refractivity contribution is 5.80. The van der Waals surface area contributed by atoms with Crippen molar-refractivity contribution in [2.45, 2.75) is 25.9 Å². The number of nitrogens with zero attached hydrogens (tertiary/aromatic N) is 4. The number of carbonyl (C=O) groups excluding carboxylic acids is 1. The summed E-state index contributed by atoms with van der Waals surface area (Å²) in [7, 11) is 1.68. The summed E-state index contributed by atoms with van der Waals surface area (Å²) in [6.07, 6.45) is 6.26. The molecule has 25 heavy (non-hydrogen) atoms. The number of aromatic nitrogens is 2. The fraction of sp³-hybridized carbons (Fsp3) is 0.474. The molecule has 1 aromatic heterocycles. The first kappa shape index (κ1) is 17.5. The third-order valence-corrected chi connectivity index (χ3v) is 4.79. The van der Waals surface area contributed by atoms with Crippen LogP contribution in [0.1, 0.15) is 24.9 Å². The Morgan fingerprint density at radius 1 is 1.20 bits per heavy atom. The number of methoxy groups -OCH3 is 1. The monoisotopic (exact) mass is 342 g/mol. The standard InChI is InChI=1S/C19H26N4O2/c1-16(23-11-8-20-15-23)19(24)22-10-3-9-21(12-13-22)14-17-4-6-18(25-2)7-5-17/h4-8,11,15-16H,3,9-10,12-14H2,1-2H3/t16-/m1/s1. The van der Waals surface area contributed by atoms with Gasteiger partial charge < -0.3 is 14.2 Å². The molecule has 1 saturated heterocycles. The van der Waals surface area contributed by atoms with Crippen LogP contribution in [0, 0.1) is 0 Å². The van der Waals surface area contributed by atoms with E-state index in [1.807, 2.05) is 34.7 Å². The van der Waals surface area contributed by atoms with Gasteiger partial charge in [0.1, 0.15) is 11.8 Å². The number of imidazole rings is 1. The Morgan fingerprint density at radius 3 is 2.68 bits per heavy atom. The van der Waals surface area contributed by atoms with Crippen LogP contribution in [0.2, 0.25) is 0 Å². The molecule has 1 aliphatic heterocycles. The van der Waals surface area contributed by atoms with E-state index >= 15 is 0 Å². The third-order valence-electron chi connectivity index (χ3n) is 4.79. The smallest absolute Gasteiger partial charge is 0.245 e. The number of rotatable bonds is 5. The highest BCUT2D eigenvalue weighted by atomic mass is 16.5. The molecule has 6 heteroatoms. The Hall–Kier alpha value is -2.34. The van der Waals surface area contributed by atoms with Gasteiger partial charge in [0, 0.05) is 45.1 Å². The van der Waals surface area contributed by atoms with E-state index in [1.165, 1.54) is 5.56 Å². The van der Waals surface area contributed by atoms with E-state index in [2.05, 4.69) is 22.0 Å². The van der Waals surface area contributed by atoms with Gasteiger partial charge in [-0.2, -0.15) is 0 Å².